The molecule has 1 heterocycles. The van der Waals surface area contributed by atoms with Gasteiger partial charge in [-0.05, 0) is 53.4 Å². The lowest BCUT2D eigenvalue weighted by atomic mass is 9.84. The molecule has 0 bridgehead atoms. The number of amides is 1. The Kier molecular flexibility index (Phi) is 6.99. The molecule has 0 aliphatic heterocycles. The molecule has 3 aromatic rings. The van der Waals surface area contributed by atoms with Crippen LogP contribution < -0.4 is 20.9 Å². The number of ether oxygens (including phenoxy) is 1. The first-order valence-electron chi connectivity index (χ1n) is 10.4. The molecule has 1 amide bonds. The highest BCUT2D eigenvalue weighted by atomic mass is 19.4. The summed E-state index contributed by atoms with van der Waals surface area (Å²) in [5, 5.41) is 11.2. The first-order valence-corrected chi connectivity index (χ1v) is 10.4. The first kappa shape index (κ1) is 24.8. The Morgan fingerprint density at radius 3 is 2.32 bits per heavy atom. The average Bonchev–Trinajstić information content (AvgIpc) is 2.76. The minimum atomic E-state index is -4.35. The van der Waals surface area contributed by atoms with Gasteiger partial charge in [0.2, 0.25) is 0 Å². The minimum Gasteiger partial charge on any atom is -0.494 e. The predicted octanol–water partition coefficient (Wildman–Crippen LogP) is 4.97. The highest BCUT2D eigenvalue weighted by Gasteiger charge is 2.27. The number of hydrogen-bond donors (Lipinski definition) is 3. The zero-order valence-corrected chi connectivity index (χ0v) is 19.1. The van der Waals surface area contributed by atoms with Crippen molar-refractivity contribution < 1.29 is 22.7 Å². The number of aromatic amines is 1. The molecule has 10 heteroatoms. The number of nitrogens with one attached hydrogen (secondary N) is 3. The van der Waals surface area contributed by atoms with Crippen LogP contribution in [0.1, 0.15) is 36.7 Å². The molecule has 0 aliphatic rings. The number of halogens is 3. The van der Waals surface area contributed by atoms with Crippen LogP contribution in [-0.4, -0.2) is 35.9 Å². The number of carbonyl (C=O) groups is 1. The van der Waals surface area contributed by atoms with E-state index in [1.807, 2.05) is 26.8 Å². The molecule has 0 aliphatic carbocycles. The molecule has 1 aromatic heterocycles. The fourth-order valence-corrected chi connectivity index (χ4v) is 3.36. The molecule has 0 saturated carbocycles. The molecule has 3 N–H and O–H groups in total. The van der Waals surface area contributed by atoms with Crippen molar-refractivity contribution in [2.75, 3.05) is 24.3 Å². The van der Waals surface area contributed by atoms with Crippen molar-refractivity contribution in [1.29, 1.82) is 0 Å². The molecule has 0 fully saturated rings. The largest absolute Gasteiger partial charge is 0.494 e. The molecule has 0 atom stereocenters. The van der Waals surface area contributed by atoms with Crippen LogP contribution in [0.4, 0.5) is 24.5 Å². The molecular formula is C24H25F3N4O3. The number of rotatable bonds is 6. The Balaban J connectivity index is 1.97. The maximum atomic E-state index is 12.9. The second-order valence-electron chi connectivity index (χ2n) is 8.65. The van der Waals surface area contributed by atoms with Crippen molar-refractivity contribution >= 4 is 17.3 Å². The van der Waals surface area contributed by atoms with E-state index in [1.165, 1.54) is 37.6 Å². The third-order valence-electron chi connectivity index (χ3n) is 5.03. The van der Waals surface area contributed by atoms with E-state index in [0.717, 1.165) is 5.56 Å². The summed E-state index contributed by atoms with van der Waals surface area (Å²) >= 11 is 0. The SMILES string of the molecule is COc1c(NC(=O)c2ccc(NCC(F)(F)F)cc2)cc(-c2ccn[nH]c2=O)cc1C(C)(C)C. The Morgan fingerprint density at radius 1 is 1.09 bits per heavy atom. The van der Waals surface area contributed by atoms with E-state index in [4.69, 9.17) is 4.74 Å². The lowest BCUT2D eigenvalue weighted by Crippen LogP contribution is -2.21. The molecule has 7 nitrogen and oxygen atoms in total. The number of hydrogen-bond acceptors (Lipinski definition) is 5. The van der Waals surface area contributed by atoms with Gasteiger partial charge in [0.1, 0.15) is 12.3 Å². The van der Waals surface area contributed by atoms with Crippen LogP contribution in [-0.2, 0) is 5.41 Å². The number of carbonyl (C=O) groups excluding carboxylic acids is 1. The Labute approximate surface area is 194 Å². The van der Waals surface area contributed by atoms with Crippen molar-refractivity contribution in [3.05, 3.63) is 70.1 Å². The summed E-state index contributed by atoms with van der Waals surface area (Å²) in [5.41, 5.74) is 1.77. The van der Waals surface area contributed by atoms with Crippen molar-refractivity contribution in [3.63, 3.8) is 0 Å². The fourth-order valence-electron chi connectivity index (χ4n) is 3.36. The number of alkyl halides is 3. The van der Waals surface area contributed by atoms with Gasteiger partial charge in [-0.2, -0.15) is 18.3 Å². The number of nitrogens with zero attached hydrogens (tertiary/aromatic N) is 1. The summed E-state index contributed by atoms with van der Waals surface area (Å²) in [5.74, 6) is -0.0418. The van der Waals surface area contributed by atoms with Gasteiger partial charge in [0.15, 0.2) is 0 Å². The van der Waals surface area contributed by atoms with Gasteiger partial charge in [-0.25, -0.2) is 5.10 Å². The van der Waals surface area contributed by atoms with E-state index < -0.39 is 18.6 Å². The van der Waals surface area contributed by atoms with Gasteiger partial charge in [-0.3, -0.25) is 9.59 Å². The smallest absolute Gasteiger partial charge is 0.405 e. The third kappa shape index (κ3) is 5.94. The van der Waals surface area contributed by atoms with Crippen molar-refractivity contribution in [1.82, 2.24) is 10.2 Å². The quantitative estimate of drug-likeness (QED) is 0.469. The zero-order valence-electron chi connectivity index (χ0n) is 19.1. The topological polar surface area (TPSA) is 96.1 Å². The molecule has 3 rings (SSSR count). The van der Waals surface area contributed by atoms with Crippen LogP contribution in [0.15, 0.2) is 53.5 Å². The molecule has 2 aromatic carbocycles. The Bertz CT molecular complexity index is 1230. The first-order chi connectivity index (χ1) is 15.9. The summed E-state index contributed by atoms with van der Waals surface area (Å²) in [4.78, 5) is 25.3. The van der Waals surface area contributed by atoms with Gasteiger partial charge in [0.25, 0.3) is 11.5 Å². The maximum absolute atomic E-state index is 12.9. The van der Waals surface area contributed by atoms with Crippen LogP contribution in [0.25, 0.3) is 11.1 Å². The zero-order chi connectivity index (χ0) is 25.1. The van der Waals surface area contributed by atoms with E-state index in [1.54, 1.807) is 12.1 Å². The summed E-state index contributed by atoms with van der Waals surface area (Å²) in [7, 11) is 1.49. The van der Waals surface area contributed by atoms with E-state index in [-0.39, 0.29) is 22.2 Å². The van der Waals surface area contributed by atoms with Gasteiger partial charge in [-0.1, -0.05) is 20.8 Å². The standard InChI is InChI=1S/C24H25F3N4O3/c1-23(2,3)18-11-15(17-9-10-29-31-22(17)33)12-19(20(18)34-4)30-21(32)14-5-7-16(8-6-14)28-13-24(25,26)27/h5-12,28H,13H2,1-4H3,(H,30,32)(H,31,33). The molecule has 0 unspecified atom stereocenters. The minimum absolute atomic E-state index is 0.236. The van der Waals surface area contributed by atoms with Crippen molar-refractivity contribution in [3.8, 4) is 16.9 Å². The van der Waals surface area contributed by atoms with Gasteiger partial charge in [0, 0.05) is 23.0 Å². The van der Waals surface area contributed by atoms with Crippen LogP contribution in [0.5, 0.6) is 5.75 Å². The number of methoxy groups -OCH3 is 1. The van der Waals surface area contributed by atoms with E-state index >= 15 is 0 Å². The summed E-state index contributed by atoms with van der Waals surface area (Å²) in [6.45, 7) is 4.75. The van der Waals surface area contributed by atoms with Gasteiger partial charge < -0.3 is 15.4 Å². The number of H-pyrrole nitrogens is 1. The molecule has 180 valence electrons. The molecule has 0 radical (unpaired) electrons. The highest BCUT2D eigenvalue weighted by molar-refractivity contribution is 6.05. The number of aromatic nitrogens is 2. The van der Waals surface area contributed by atoms with Crippen LogP contribution in [0.2, 0.25) is 0 Å². The van der Waals surface area contributed by atoms with Crippen LogP contribution in [0.3, 0.4) is 0 Å². The molecule has 0 saturated heterocycles. The van der Waals surface area contributed by atoms with Crippen molar-refractivity contribution in [2.24, 2.45) is 0 Å². The van der Waals surface area contributed by atoms with Gasteiger partial charge in [-0.15, -0.1) is 0 Å². The highest BCUT2D eigenvalue weighted by Crippen LogP contribution is 2.40. The van der Waals surface area contributed by atoms with E-state index in [9.17, 15) is 22.8 Å². The number of benzene rings is 2. The lowest BCUT2D eigenvalue weighted by molar-refractivity contribution is -0.115. The second kappa shape index (κ2) is 9.58. The lowest BCUT2D eigenvalue weighted by Gasteiger charge is -2.25. The maximum Gasteiger partial charge on any atom is 0.405 e. The number of anilines is 2. The van der Waals surface area contributed by atoms with Crippen LogP contribution in [0, 0.1) is 0 Å². The normalized spacial score (nSPS) is 11.7. The van der Waals surface area contributed by atoms with Crippen molar-refractivity contribution in [2.45, 2.75) is 32.4 Å². The van der Waals surface area contributed by atoms with Gasteiger partial charge in [0.05, 0.1) is 18.4 Å². The molecule has 0 spiro atoms. The summed E-state index contributed by atoms with van der Waals surface area (Å²) in [6, 6.07) is 10.7. The Morgan fingerprint density at radius 2 is 1.76 bits per heavy atom. The molecular weight excluding hydrogens is 449 g/mol. The fraction of sp³-hybridized carbons (Fsp3) is 0.292. The van der Waals surface area contributed by atoms with E-state index in [0.29, 0.717) is 22.6 Å². The third-order valence-corrected chi connectivity index (χ3v) is 5.03. The molecule has 34 heavy (non-hydrogen) atoms. The van der Waals surface area contributed by atoms with Gasteiger partial charge >= 0.3 is 6.18 Å². The average molecular weight is 474 g/mol. The van der Waals surface area contributed by atoms with E-state index in [2.05, 4.69) is 20.8 Å². The summed E-state index contributed by atoms with van der Waals surface area (Å²) < 4.78 is 42.8. The second-order valence-corrected chi connectivity index (χ2v) is 8.65. The summed E-state index contributed by atoms with van der Waals surface area (Å²) in [6.07, 6.45) is -2.89. The predicted molar refractivity (Wildman–Crippen MR) is 124 cm³/mol. The monoisotopic (exact) mass is 474 g/mol. The van der Waals surface area contributed by atoms with Crippen LogP contribution >= 0.6 is 0 Å². The Hall–Kier alpha value is -3.82.